The van der Waals surface area contributed by atoms with E-state index in [2.05, 4.69) is 25.9 Å². The number of nitrogens with one attached hydrogen (secondary N) is 5. The van der Waals surface area contributed by atoms with E-state index >= 15 is 0 Å². The summed E-state index contributed by atoms with van der Waals surface area (Å²) in [6, 6.07) is 10.9. The number of aliphatic hydroxyl groups excluding tert-OH is 1. The summed E-state index contributed by atoms with van der Waals surface area (Å²) in [5.41, 5.74) is 8.54. The van der Waals surface area contributed by atoms with Crippen molar-refractivity contribution in [3.05, 3.63) is 72.1 Å². The van der Waals surface area contributed by atoms with E-state index in [1.54, 1.807) is 12.4 Å². The molecule has 2 heterocycles. The third kappa shape index (κ3) is 6.47. The number of H-pyrrole nitrogens is 2. The normalized spacial score (nSPS) is 14.3. The summed E-state index contributed by atoms with van der Waals surface area (Å²) in [5, 5.41) is 29.3. The predicted molar refractivity (Wildman–Crippen MR) is 148 cm³/mol. The van der Waals surface area contributed by atoms with E-state index in [0.29, 0.717) is 5.56 Å². The number of aromatic nitrogens is 2. The van der Waals surface area contributed by atoms with Crippen LogP contribution in [0.25, 0.3) is 21.8 Å². The van der Waals surface area contributed by atoms with Crippen molar-refractivity contribution in [2.45, 2.75) is 44.0 Å². The number of fused-ring (bicyclic) bond motifs is 2. The van der Waals surface area contributed by atoms with Crippen LogP contribution < -0.4 is 21.7 Å². The molecule has 4 aromatic rings. The van der Waals surface area contributed by atoms with Crippen LogP contribution in [0.4, 0.5) is 0 Å². The number of carbonyl (C=O) groups is 4. The van der Waals surface area contributed by atoms with E-state index in [0.717, 1.165) is 27.4 Å². The topological polar surface area (TPSA) is 202 Å². The Morgan fingerprint density at radius 1 is 0.800 bits per heavy atom. The number of carboxylic acids is 1. The lowest BCUT2D eigenvalue weighted by atomic mass is 10.0. The fraction of sp³-hybridized carbons (Fsp3) is 0.286. The number of rotatable bonds is 12. The average Bonchev–Trinajstić information content (AvgIpc) is 3.54. The zero-order valence-corrected chi connectivity index (χ0v) is 21.8. The molecule has 12 heteroatoms. The average molecular weight is 549 g/mol. The molecule has 4 unspecified atom stereocenters. The van der Waals surface area contributed by atoms with Crippen molar-refractivity contribution in [2.24, 2.45) is 5.73 Å². The van der Waals surface area contributed by atoms with Crippen LogP contribution in [-0.2, 0) is 32.0 Å². The molecule has 4 rings (SSSR count). The van der Waals surface area contributed by atoms with Crippen LogP contribution in [0, 0.1) is 0 Å². The van der Waals surface area contributed by atoms with E-state index < -0.39 is 47.9 Å². The summed E-state index contributed by atoms with van der Waals surface area (Å²) in [7, 11) is 0. The molecule has 40 heavy (non-hydrogen) atoms. The van der Waals surface area contributed by atoms with Crippen LogP contribution in [0.5, 0.6) is 0 Å². The summed E-state index contributed by atoms with van der Waals surface area (Å²) in [6.07, 6.45) is 2.08. The number of hydrogen-bond donors (Lipinski definition) is 8. The minimum Gasteiger partial charge on any atom is -0.480 e. The van der Waals surface area contributed by atoms with Crippen molar-refractivity contribution in [2.75, 3.05) is 6.54 Å². The molecule has 210 valence electrons. The van der Waals surface area contributed by atoms with Gasteiger partial charge in [-0.3, -0.25) is 14.4 Å². The lowest BCUT2D eigenvalue weighted by Crippen LogP contribution is -2.59. The standard InChI is InChI=1S/C28H32N6O6/c1-15(35)25(27(38)33-23(28(39)40)11-17-14-31-21-9-5-3-7-19(17)21)34-26(37)22(32-24(36)12-29)10-16-13-30-20-8-4-2-6-18(16)20/h2-9,13-15,22-23,25,30-31,35H,10-12,29H2,1H3,(H,32,36)(H,33,38)(H,34,37)(H,39,40). The number of amides is 3. The van der Waals surface area contributed by atoms with Gasteiger partial charge >= 0.3 is 5.97 Å². The predicted octanol–water partition coefficient (Wildman–Crippen LogP) is 0.313. The molecular formula is C28H32N6O6. The highest BCUT2D eigenvalue weighted by atomic mass is 16.4. The van der Waals surface area contributed by atoms with Gasteiger partial charge in [-0.15, -0.1) is 0 Å². The van der Waals surface area contributed by atoms with Gasteiger partial charge < -0.3 is 41.9 Å². The van der Waals surface area contributed by atoms with E-state index in [9.17, 15) is 29.4 Å². The second-order valence-corrected chi connectivity index (χ2v) is 9.58. The number of hydrogen-bond acceptors (Lipinski definition) is 6. The van der Waals surface area contributed by atoms with Gasteiger partial charge in [-0.1, -0.05) is 36.4 Å². The Morgan fingerprint density at radius 2 is 1.32 bits per heavy atom. The lowest BCUT2D eigenvalue weighted by molar-refractivity contribution is -0.143. The zero-order valence-electron chi connectivity index (χ0n) is 21.8. The Hall–Kier alpha value is -4.68. The molecule has 0 aliphatic rings. The lowest BCUT2D eigenvalue weighted by Gasteiger charge is -2.26. The maximum atomic E-state index is 13.3. The Bertz CT molecular complexity index is 1530. The summed E-state index contributed by atoms with van der Waals surface area (Å²) >= 11 is 0. The van der Waals surface area contributed by atoms with E-state index in [1.807, 2.05) is 48.5 Å². The number of carboxylic acid groups (broad SMARTS) is 1. The van der Waals surface area contributed by atoms with Gasteiger partial charge in [0.05, 0.1) is 12.6 Å². The first-order valence-corrected chi connectivity index (χ1v) is 12.8. The van der Waals surface area contributed by atoms with Crippen LogP contribution >= 0.6 is 0 Å². The highest BCUT2D eigenvalue weighted by molar-refractivity contribution is 5.95. The maximum absolute atomic E-state index is 13.3. The highest BCUT2D eigenvalue weighted by Gasteiger charge is 2.33. The van der Waals surface area contributed by atoms with Gasteiger partial charge in [0.15, 0.2) is 0 Å². The van der Waals surface area contributed by atoms with Gasteiger partial charge in [0.1, 0.15) is 18.1 Å². The molecular weight excluding hydrogens is 516 g/mol. The molecule has 0 fully saturated rings. The minimum absolute atomic E-state index is 0.0265. The SMILES string of the molecule is CC(O)C(NC(=O)C(Cc1c[nH]c2ccccc12)NC(=O)CN)C(=O)NC(Cc1c[nH]c2ccccc12)C(=O)O. The van der Waals surface area contributed by atoms with Crippen molar-refractivity contribution in [1.29, 1.82) is 0 Å². The monoisotopic (exact) mass is 548 g/mol. The zero-order chi connectivity index (χ0) is 28.8. The molecule has 3 amide bonds. The largest absolute Gasteiger partial charge is 0.480 e. The van der Waals surface area contributed by atoms with Crippen molar-refractivity contribution in [3.63, 3.8) is 0 Å². The van der Waals surface area contributed by atoms with Crippen LogP contribution in [0.2, 0.25) is 0 Å². The van der Waals surface area contributed by atoms with Gasteiger partial charge in [-0.25, -0.2) is 4.79 Å². The molecule has 0 saturated heterocycles. The number of aliphatic hydroxyl groups is 1. The smallest absolute Gasteiger partial charge is 0.326 e. The van der Waals surface area contributed by atoms with E-state index in [-0.39, 0.29) is 19.4 Å². The van der Waals surface area contributed by atoms with Crippen molar-refractivity contribution >= 4 is 45.5 Å². The highest BCUT2D eigenvalue weighted by Crippen LogP contribution is 2.20. The molecule has 0 aliphatic heterocycles. The first-order chi connectivity index (χ1) is 19.2. The molecule has 4 atom stereocenters. The van der Waals surface area contributed by atoms with Crippen molar-refractivity contribution in [3.8, 4) is 0 Å². The number of carbonyl (C=O) groups excluding carboxylic acids is 3. The molecule has 2 aromatic heterocycles. The summed E-state index contributed by atoms with van der Waals surface area (Å²) in [4.78, 5) is 56.8. The number of para-hydroxylation sites is 2. The molecule has 12 nitrogen and oxygen atoms in total. The van der Waals surface area contributed by atoms with Crippen LogP contribution in [-0.4, -0.2) is 74.6 Å². The van der Waals surface area contributed by atoms with Gasteiger partial charge in [-0.05, 0) is 30.2 Å². The molecule has 0 radical (unpaired) electrons. The summed E-state index contributed by atoms with van der Waals surface area (Å²) in [5.74, 6) is -3.48. The second kappa shape index (κ2) is 12.5. The van der Waals surface area contributed by atoms with Crippen molar-refractivity contribution < 1.29 is 29.4 Å². The van der Waals surface area contributed by atoms with E-state index in [1.165, 1.54) is 6.92 Å². The van der Waals surface area contributed by atoms with Gasteiger partial charge in [0, 0.05) is 47.0 Å². The van der Waals surface area contributed by atoms with Gasteiger partial charge in [-0.2, -0.15) is 0 Å². The summed E-state index contributed by atoms with van der Waals surface area (Å²) < 4.78 is 0. The Kier molecular flexibility index (Phi) is 8.82. The van der Waals surface area contributed by atoms with Gasteiger partial charge in [0.2, 0.25) is 17.7 Å². The minimum atomic E-state index is -1.49. The first kappa shape index (κ1) is 28.3. The second-order valence-electron chi connectivity index (χ2n) is 9.58. The number of aliphatic carboxylic acids is 1. The Balaban J connectivity index is 1.50. The van der Waals surface area contributed by atoms with Crippen LogP contribution in [0.1, 0.15) is 18.1 Å². The quantitative estimate of drug-likeness (QED) is 0.124. The number of benzene rings is 2. The number of aromatic amines is 2. The maximum Gasteiger partial charge on any atom is 0.326 e. The molecule has 0 aliphatic carbocycles. The molecule has 0 bridgehead atoms. The third-order valence-electron chi connectivity index (χ3n) is 6.71. The number of nitrogens with two attached hydrogens (primary N) is 1. The third-order valence-corrected chi connectivity index (χ3v) is 6.71. The van der Waals surface area contributed by atoms with Crippen LogP contribution in [0.3, 0.4) is 0 Å². The Morgan fingerprint density at radius 3 is 1.82 bits per heavy atom. The van der Waals surface area contributed by atoms with E-state index in [4.69, 9.17) is 5.73 Å². The first-order valence-electron chi connectivity index (χ1n) is 12.8. The van der Waals surface area contributed by atoms with Crippen LogP contribution in [0.15, 0.2) is 60.9 Å². The molecule has 0 spiro atoms. The fourth-order valence-electron chi connectivity index (χ4n) is 4.62. The molecule has 0 saturated carbocycles. The molecule has 2 aromatic carbocycles. The van der Waals surface area contributed by atoms with Crippen molar-refractivity contribution in [1.82, 2.24) is 25.9 Å². The summed E-state index contributed by atoms with van der Waals surface area (Å²) in [6.45, 7) is 0.944. The van der Waals surface area contributed by atoms with Gasteiger partial charge in [0.25, 0.3) is 0 Å². The Labute approximate surface area is 229 Å². The fourth-order valence-corrected chi connectivity index (χ4v) is 4.62. The molecule has 9 N–H and O–H groups in total.